The molecule has 0 aromatic carbocycles. The normalized spacial score (nSPS) is 16.9. The zero-order valence-electron chi connectivity index (χ0n) is 11.8. The van der Waals surface area contributed by atoms with Crippen LogP contribution in [0.3, 0.4) is 0 Å². The average molecular weight is 383 g/mol. The maximum absolute atomic E-state index is 3.36. The van der Waals surface area contributed by atoms with Gasteiger partial charge in [-0.2, -0.15) is 12.2 Å². The van der Waals surface area contributed by atoms with Gasteiger partial charge in [-0.1, -0.05) is 19.6 Å². The molecule has 0 amide bonds. The molecule has 0 heterocycles. The monoisotopic (exact) mass is 384 g/mol. The second kappa shape index (κ2) is 7.34. The molecule has 0 saturated carbocycles. The van der Waals surface area contributed by atoms with Crippen molar-refractivity contribution in [2.45, 2.75) is 32.5 Å². The number of allylic oxidation sites excluding steroid dienone is 8. The molecule has 0 radical (unpaired) electrons. The van der Waals surface area contributed by atoms with Gasteiger partial charge in [-0.25, -0.2) is 23.4 Å². The molecule has 0 N–H and O–H groups in total. The molecule has 0 aromatic heterocycles. The van der Waals surface area contributed by atoms with E-state index in [1.54, 1.807) is 0 Å². The first-order chi connectivity index (χ1) is 6.61. The van der Waals surface area contributed by atoms with Crippen LogP contribution >= 0.6 is 0 Å². The summed E-state index contributed by atoms with van der Waals surface area (Å²) < 4.78 is 0. The van der Waals surface area contributed by atoms with E-state index in [-0.39, 0.29) is 28.7 Å². The largest absolute Gasteiger partial charge is 4.00 e. The topological polar surface area (TPSA) is 0 Å². The molecule has 80 valence electrons. The molecule has 0 saturated heterocycles. The summed E-state index contributed by atoms with van der Waals surface area (Å²) in [4.78, 5) is 0. The van der Waals surface area contributed by atoms with E-state index >= 15 is 0 Å². The third kappa shape index (κ3) is 6.26. The van der Waals surface area contributed by atoms with Crippen LogP contribution in [0.1, 0.15) is 15.7 Å². The van der Waals surface area contributed by atoms with Crippen LogP contribution in [0.5, 0.6) is 0 Å². The molecule has 2 heteroatoms. The van der Waals surface area contributed by atoms with Crippen molar-refractivity contribution < 1.29 is 28.7 Å². The van der Waals surface area contributed by atoms with E-state index in [1.807, 2.05) is 12.2 Å². The standard InChI is InChI=1S/C8H13Si.C5H5.Hf.2H/c1-9(2,3)8-6-4-5-7-8;1-2-4-5-3-1;;;/h4,6H,5H2,1-3H3;1-3H,4H2;;;/q2*-1;+4;2*-1. The van der Waals surface area contributed by atoms with Crippen molar-refractivity contribution >= 4 is 8.07 Å². The number of rotatable bonds is 1. The summed E-state index contributed by atoms with van der Waals surface area (Å²) in [5.74, 6) is 0. The Bertz CT molecular complexity index is 289. The predicted octanol–water partition coefficient (Wildman–Crippen LogP) is 4.08. The van der Waals surface area contributed by atoms with Gasteiger partial charge in [-0.05, 0) is 0 Å². The first-order valence-corrected chi connectivity index (χ1v) is 8.60. The van der Waals surface area contributed by atoms with E-state index in [1.165, 1.54) is 5.20 Å². The minimum absolute atomic E-state index is 0. The van der Waals surface area contributed by atoms with E-state index in [9.17, 15) is 0 Å². The van der Waals surface area contributed by atoms with Gasteiger partial charge in [0.15, 0.2) is 0 Å². The Morgan fingerprint density at radius 3 is 2.13 bits per heavy atom. The maximum atomic E-state index is 3.36. The molecule has 0 fully saturated rings. The minimum Gasteiger partial charge on any atom is -1.00 e. The maximum Gasteiger partial charge on any atom is 4.00 e. The Labute approximate surface area is 117 Å². The molecule has 0 aliphatic heterocycles. The fraction of sp³-hybridized carbons (Fsp3) is 0.385. The summed E-state index contributed by atoms with van der Waals surface area (Å²) >= 11 is 0. The van der Waals surface area contributed by atoms with Gasteiger partial charge in [-0.15, -0.1) is 12.8 Å². The molecule has 0 spiro atoms. The number of hydrogen-bond acceptors (Lipinski definition) is 0. The van der Waals surface area contributed by atoms with Crippen molar-refractivity contribution in [3.8, 4) is 0 Å². The number of hydrogen-bond donors (Lipinski definition) is 0. The van der Waals surface area contributed by atoms with Gasteiger partial charge in [0.25, 0.3) is 0 Å². The molecule has 2 aliphatic rings. The third-order valence-corrected chi connectivity index (χ3v) is 4.05. The molecular formula is C13H20HfSi. The van der Waals surface area contributed by atoms with Crippen molar-refractivity contribution in [2.24, 2.45) is 0 Å². The van der Waals surface area contributed by atoms with Crippen molar-refractivity contribution in [2.75, 3.05) is 0 Å². The third-order valence-electron chi connectivity index (χ3n) is 2.09. The fourth-order valence-corrected chi connectivity index (χ4v) is 2.51. The van der Waals surface area contributed by atoms with Crippen molar-refractivity contribution in [1.29, 1.82) is 0 Å². The molecule has 0 unspecified atom stereocenters. The van der Waals surface area contributed by atoms with E-state index in [0.29, 0.717) is 0 Å². The predicted molar refractivity (Wildman–Crippen MR) is 67.7 cm³/mol. The van der Waals surface area contributed by atoms with Crippen LogP contribution in [0.2, 0.25) is 19.6 Å². The van der Waals surface area contributed by atoms with E-state index in [0.717, 1.165) is 12.8 Å². The second-order valence-corrected chi connectivity index (χ2v) is 9.49. The molecule has 0 aromatic rings. The Balaban J connectivity index is -0.000000216. The summed E-state index contributed by atoms with van der Waals surface area (Å²) in [5, 5.41) is 1.49. The quantitative estimate of drug-likeness (QED) is 0.473. The summed E-state index contributed by atoms with van der Waals surface area (Å²) in [5.41, 5.74) is 0. The Morgan fingerprint density at radius 2 is 1.93 bits per heavy atom. The second-order valence-electron chi connectivity index (χ2n) is 4.45. The van der Waals surface area contributed by atoms with Crippen LogP contribution in [0, 0.1) is 12.2 Å². The summed E-state index contributed by atoms with van der Waals surface area (Å²) in [6.45, 7) is 7.06. The van der Waals surface area contributed by atoms with Gasteiger partial charge in [0.1, 0.15) is 0 Å². The first kappa shape index (κ1) is 15.0. The van der Waals surface area contributed by atoms with Crippen LogP contribution in [-0.2, 0) is 25.8 Å². The fourth-order valence-electron chi connectivity index (χ4n) is 1.26. The van der Waals surface area contributed by atoms with Crippen LogP contribution < -0.4 is 0 Å². The van der Waals surface area contributed by atoms with Gasteiger partial charge in [0.05, 0.1) is 0 Å². The van der Waals surface area contributed by atoms with Gasteiger partial charge >= 0.3 is 25.8 Å². The minimum atomic E-state index is -1.01. The van der Waals surface area contributed by atoms with Gasteiger partial charge in [-0.3, -0.25) is 12.2 Å². The van der Waals surface area contributed by atoms with Crippen molar-refractivity contribution in [3.05, 3.63) is 47.7 Å². The molecule has 0 atom stereocenters. The van der Waals surface area contributed by atoms with Crippen LogP contribution in [0.15, 0.2) is 35.6 Å². The van der Waals surface area contributed by atoms with Crippen molar-refractivity contribution in [3.63, 3.8) is 0 Å². The molecule has 0 bridgehead atoms. The van der Waals surface area contributed by atoms with Crippen molar-refractivity contribution in [1.82, 2.24) is 0 Å². The van der Waals surface area contributed by atoms with E-state index in [4.69, 9.17) is 0 Å². The van der Waals surface area contributed by atoms with Crippen LogP contribution in [0.4, 0.5) is 0 Å². The zero-order valence-corrected chi connectivity index (χ0v) is 14.4. The Morgan fingerprint density at radius 1 is 1.20 bits per heavy atom. The molecule has 2 rings (SSSR count). The summed E-state index contributed by atoms with van der Waals surface area (Å²) in [7, 11) is -1.01. The SMILES string of the molecule is C[Si](C)(C)C1=[C-]CC=C1.[C-]1=CC=CC1.[H-].[H-].[Hf+4]. The Hall–Kier alpha value is 0.0470. The summed E-state index contributed by atoms with van der Waals surface area (Å²) in [6, 6.07) is 0. The molecule has 0 nitrogen and oxygen atoms in total. The first-order valence-electron chi connectivity index (χ1n) is 5.10. The van der Waals surface area contributed by atoms with Crippen LogP contribution in [-0.4, -0.2) is 8.07 Å². The van der Waals surface area contributed by atoms with Crippen LogP contribution in [0.25, 0.3) is 0 Å². The zero-order chi connectivity index (χ0) is 10.4. The van der Waals surface area contributed by atoms with E-state index < -0.39 is 8.07 Å². The van der Waals surface area contributed by atoms with E-state index in [2.05, 4.69) is 50.0 Å². The Kier molecular flexibility index (Phi) is 7.36. The smallest absolute Gasteiger partial charge is 1.00 e. The van der Waals surface area contributed by atoms with Gasteiger partial charge in [0.2, 0.25) is 0 Å². The summed E-state index contributed by atoms with van der Waals surface area (Å²) in [6.07, 6.45) is 18.8. The molecular weight excluding hydrogens is 363 g/mol. The molecule has 2 aliphatic carbocycles. The van der Waals surface area contributed by atoms with Gasteiger partial charge in [0, 0.05) is 8.07 Å². The molecule has 15 heavy (non-hydrogen) atoms. The van der Waals surface area contributed by atoms with Gasteiger partial charge < -0.3 is 2.85 Å². The average Bonchev–Trinajstić information content (AvgIpc) is 2.80.